The van der Waals surface area contributed by atoms with Crippen LogP contribution >= 0.6 is 0 Å². The summed E-state index contributed by atoms with van der Waals surface area (Å²) < 4.78 is 10.3. The van der Waals surface area contributed by atoms with E-state index in [-0.39, 0.29) is 19.1 Å². The summed E-state index contributed by atoms with van der Waals surface area (Å²) in [5, 5.41) is 2.85. The first kappa shape index (κ1) is 26.7. The van der Waals surface area contributed by atoms with Crippen LogP contribution in [-0.2, 0) is 36.7 Å². The minimum atomic E-state index is -0.881. The van der Waals surface area contributed by atoms with E-state index in [9.17, 15) is 14.4 Å². The maximum atomic E-state index is 11.7. The van der Waals surface area contributed by atoms with Crippen molar-refractivity contribution in [1.82, 2.24) is 5.32 Å². The predicted molar refractivity (Wildman–Crippen MR) is 122 cm³/mol. The number of unbranched alkanes of at least 4 members (excludes halogenated alkanes) is 5. The second-order valence-electron chi connectivity index (χ2n) is 8.31. The van der Waals surface area contributed by atoms with Crippen LogP contribution in [0.25, 0.3) is 0 Å². The Kier molecular flexibility index (Phi) is 12.6. The van der Waals surface area contributed by atoms with Crippen molar-refractivity contribution < 1.29 is 23.9 Å². The molecule has 6 heteroatoms. The normalized spacial score (nSPS) is 11.1. The van der Waals surface area contributed by atoms with E-state index in [1.54, 1.807) is 0 Å². The Labute approximate surface area is 187 Å². The van der Waals surface area contributed by atoms with Crippen molar-refractivity contribution in [1.29, 1.82) is 0 Å². The van der Waals surface area contributed by atoms with Crippen molar-refractivity contribution in [2.45, 2.75) is 91.0 Å². The van der Waals surface area contributed by atoms with Crippen LogP contribution in [0, 0.1) is 0 Å². The van der Waals surface area contributed by atoms with Crippen molar-refractivity contribution in [2.75, 3.05) is 13.2 Å². The summed E-state index contributed by atoms with van der Waals surface area (Å²) in [4.78, 5) is 34.3. The number of carbonyl (C=O) groups is 3. The number of benzene rings is 1. The Morgan fingerprint density at radius 2 is 1.26 bits per heavy atom. The van der Waals surface area contributed by atoms with Gasteiger partial charge in [-0.15, -0.1) is 0 Å². The van der Waals surface area contributed by atoms with Gasteiger partial charge in [-0.2, -0.15) is 0 Å². The van der Waals surface area contributed by atoms with Gasteiger partial charge in [0, 0.05) is 20.8 Å². The monoisotopic (exact) mass is 433 g/mol. The molecule has 0 aliphatic heterocycles. The SMILES string of the molecule is CCc1ccc(CCCCCCCCC(COC(C)=O)(COC(C)=O)NC(C)=O)cc1. The number of hydrogen-bond acceptors (Lipinski definition) is 5. The number of aryl methyl sites for hydroxylation is 2. The third-order valence-corrected chi connectivity index (χ3v) is 5.35. The molecular formula is C25H39NO5. The fourth-order valence-corrected chi connectivity index (χ4v) is 3.61. The molecule has 0 saturated heterocycles. The second-order valence-corrected chi connectivity index (χ2v) is 8.31. The van der Waals surface area contributed by atoms with E-state index < -0.39 is 17.5 Å². The van der Waals surface area contributed by atoms with E-state index in [0.717, 1.165) is 38.5 Å². The molecule has 1 rings (SSSR count). The molecule has 0 unspecified atom stereocenters. The third-order valence-electron chi connectivity index (χ3n) is 5.35. The number of ether oxygens (including phenoxy) is 2. The zero-order chi connectivity index (χ0) is 23.1. The van der Waals surface area contributed by atoms with Gasteiger partial charge in [0.1, 0.15) is 18.8 Å². The minimum Gasteiger partial charge on any atom is -0.463 e. The highest BCUT2D eigenvalue weighted by Gasteiger charge is 2.33. The molecule has 0 spiro atoms. The topological polar surface area (TPSA) is 81.7 Å². The maximum absolute atomic E-state index is 11.7. The number of amides is 1. The molecular weight excluding hydrogens is 394 g/mol. The van der Waals surface area contributed by atoms with Gasteiger partial charge in [-0.05, 0) is 36.8 Å². The highest BCUT2D eigenvalue weighted by Crippen LogP contribution is 2.19. The molecule has 0 bridgehead atoms. The van der Waals surface area contributed by atoms with E-state index in [0.29, 0.717) is 6.42 Å². The molecule has 0 aliphatic rings. The molecule has 1 aromatic rings. The summed E-state index contributed by atoms with van der Waals surface area (Å²) >= 11 is 0. The van der Waals surface area contributed by atoms with Gasteiger partial charge in [-0.1, -0.05) is 63.3 Å². The van der Waals surface area contributed by atoms with E-state index in [4.69, 9.17) is 9.47 Å². The zero-order valence-electron chi connectivity index (χ0n) is 19.6. The number of rotatable bonds is 15. The molecule has 0 aliphatic carbocycles. The molecule has 0 atom stereocenters. The predicted octanol–water partition coefficient (Wildman–Crippen LogP) is 4.52. The second kappa shape index (κ2) is 14.6. The van der Waals surface area contributed by atoms with Crippen LogP contribution in [0.4, 0.5) is 0 Å². The van der Waals surface area contributed by atoms with E-state index in [1.165, 1.54) is 44.7 Å². The lowest BCUT2D eigenvalue weighted by molar-refractivity contribution is -0.150. The van der Waals surface area contributed by atoms with E-state index >= 15 is 0 Å². The lowest BCUT2D eigenvalue weighted by Gasteiger charge is -2.33. The molecule has 0 radical (unpaired) electrons. The van der Waals surface area contributed by atoms with Crippen molar-refractivity contribution in [3.8, 4) is 0 Å². The van der Waals surface area contributed by atoms with E-state index in [2.05, 4.69) is 36.5 Å². The summed E-state index contributed by atoms with van der Waals surface area (Å²) in [6.45, 7) is 6.21. The minimum absolute atomic E-state index is 0.00792. The molecule has 1 amide bonds. The number of nitrogens with one attached hydrogen (secondary N) is 1. The lowest BCUT2D eigenvalue weighted by atomic mass is 9.92. The summed E-state index contributed by atoms with van der Waals surface area (Å²) in [6, 6.07) is 8.88. The Hall–Kier alpha value is -2.37. The summed E-state index contributed by atoms with van der Waals surface area (Å²) in [5.41, 5.74) is 1.89. The molecule has 0 aromatic heterocycles. The Balaban J connectivity index is 2.38. The van der Waals surface area contributed by atoms with E-state index in [1.807, 2.05) is 0 Å². The first-order valence-electron chi connectivity index (χ1n) is 11.4. The smallest absolute Gasteiger partial charge is 0.302 e. The molecule has 1 aromatic carbocycles. The van der Waals surface area contributed by atoms with Crippen LogP contribution < -0.4 is 5.32 Å². The summed E-state index contributed by atoms with van der Waals surface area (Å²) in [6.07, 6.45) is 9.25. The number of carbonyl (C=O) groups excluding carboxylic acids is 3. The van der Waals surface area contributed by atoms with Crippen molar-refractivity contribution >= 4 is 17.8 Å². The standard InChI is InChI=1S/C25H39NO5/c1-5-23-13-15-24(16-14-23)12-10-8-6-7-9-11-17-25(26-20(2)27,18-30-21(3)28)19-31-22(4)29/h13-16H,5-12,17-19H2,1-4H3,(H,26,27). The first-order valence-corrected chi connectivity index (χ1v) is 11.4. The number of hydrogen-bond donors (Lipinski definition) is 1. The summed E-state index contributed by atoms with van der Waals surface area (Å²) in [7, 11) is 0. The first-order chi connectivity index (χ1) is 14.8. The van der Waals surface area contributed by atoms with Crippen LogP contribution in [0.3, 0.4) is 0 Å². The van der Waals surface area contributed by atoms with Crippen LogP contribution in [0.5, 0.6) is 0 Å². The Morgan fingerprint density at radius 1 is 0.774 bits per heavy atom. The van der Waals surface area contributed by atoms with Gasteiger partial charge in [0.25, 0.3) is 0 Å². The Morgan fingerprint density at radius 3 is 1.74 bits per heavy atom. The third kappa shape index (κ3) is 12.2. The van der Waals surface area contributed by atoms with Crippen LogP contribution in [-0.4, -0.2) is 36.6 Å². The van der Waals surface area contributed by atoms with Gasteiger partial charge in [-0.3, -0.25) is 14.4 Å². The fourth-order valence-electron chi connectivity index (χ4n) is 3.61. The molecule has 6 nitrogen and oxygen atoms in total. The van der Waals surface area contributed by atoms with Crippen molar-refractivity contribution in [2.24, 2.45) is 0 Å². The summed E-state index contributed by atoms with van der Waals surface area (Å²) in [5.74, 6) is -1.10. The fraction of sp³-hybridized carbons (Fsp3) is 0.640. The van der Waals surface area contributed by atoms with Crippen LogP contribution in [0.1, 0.15) is 83.8 Å². The molecule has 0 saturated carbocycles. The van der Waals surface area contributed by atoms with Gasteiger partial charge >= 0.3 is 11.9 Å². The van der Waals surface area contributed by atoms with Crippen LogP contribution in [0.2, 0.25) is 0 Å². The highest BCUT2D eigenvalue weighted by molar-refractivity contribution is 5.74. The zero-order valence-corrected chi connectivity index (χ0v) is 19.6. The van der Waals surface area contributed by atoms with Gasteiger partial charge < -0.3 is 14.8 Å². The Bertz CT molecular complexity index is 666. The average Bonchev–Trinajstić information content (AvgIpc) is 2.72. The molecule has 0 heterocycles. The van der Waals surface area contributed by atoms with Gasteiger partial charge in [-0.25, -0.2) is 0 Å². The van der Waals surface area contributed by atoms with Crippen molar-refractivity contribution in [3.05, 3.63) is 35.4 Å². The maximum Gasteiger partial charge on any atom is 0.302 e. The molecule has 1 N–H and O–H groups in total. The lowest BCUT2D eigenvalue weighted by Crippen LogP contribution is -2.55. The van der Waals surface area contributed by atoms with Gasteiger partial charge in [0.2, 0.25) is 5.91 Å². The highest BCUT2D eigenvalue weighted by atomic mass is 16.5. The molecule has 31 heavy (non-hydrogen) atoms. The van der Waals surface area contributed by atoms with Crippen molar-refractivity contribution in [3.63, 3.8) is 0 Å². The molecule has 0 fully saturated rings. The number of esters is 2. The van der Waals surface area contributed by atoms with Gasteiger partial charge in [0.15, 0.2) is 0 Å². The quantitative estimate of drug-likeness (QED) is 0.325. The van der Waals surface area contributed by atoms with Crippen LogP contribution in [0.15, 0.2) is 24.3 Å². The molecule has 174 valence electrons. The largest absolute Gasteiger partial charge is 0.463 e. The van der Waals surface area contributed by atoms with Gasteiger partial charge in [0.05, 0.1) is 0 Å². The average molecular weight is 434 g/mol.